The molecule has 3 N–H and O–H groups in total. The zero-order chi connectivity index (χ0) is 19.7. The van der Waals surface area contributed by atoms with Crippen molar-refractivity contribution in [2.75, 3.05) is 50.9 Å². The molecule has 29 heavy (non-hydrogen) atoms. The summed E-state index contributed by atoms with van der Waals surface area (Å²) < 4.78 is 5.58. The first-order valence-electron chi connectivity index (χ1n) is 10.7. The second-order valence-corrected chi connectivity index (χ2v) is 7.89. The Labute approximate surface area is 191 Å². The minimum Gasteiger partial charge on any atom is -0.396 e. The summed E-state index contributed by atoms with van der Waals surface area (Å²) >= 11 is 0. The third-order valence-electron chi connectivity index (χ3n) is 5.71. The van der Waals surface area contributed by atoms with E-state index in [0.717, 1.165) is 57.4 Å². The van der Waals surface area contributed by atoms with E-state index in [2.05, 4.69) is 33.5 Å². The molecule has 0 spiro atoms. The van der Waals surface area contributed by atoms with Gasteiger partial charge in [0.1, 0.15) is 5.82 Å². The van der Waals surface area contributed by atoms with E-state index in [-0.39, 0.29) is 36.0 Å². The zero-order valence-corrected chi connectivity index (χ0v) is 19.9. The number of halogens is 1. The molecule has 0 aliphatic carbocycles. The number of guanidine groups is 1. The maximum atomic E-state index is 9.41. The Morgan fingerprint density at radius 1 is 1.31 bits per heavy atom. The number of nitrogens with one attached hydrogen (secondary N) is 2. The number of pyridine rings is 1. The third kappa shape index (κ3) is 7.25. The average Bonchev–Trinajstić information content (AvgIpc) is 3.20. The highest BCUT2D eigenvalue weighted by Gasteiger charge is 2.34. The predicted octanol–water partition coefficient (Wildman–Crippen LogP) is 2.53. The van der Waals surface area contributed by atoms with Crippen LogP contribution in [0.15, 0.2) is 23.3 Å². The Bertz CT molecular complexity index is 631. The molecule has 2 saturated heterocycles. The normalized spacial score (nSPS) is 22.3. The van der Waals surface area contributed by atoms with E-state index >= 15 is 0 Å². The SMILES string of the molecule is CCNC(=NCc1ccnc(N2CCCCC2)c1)NCC1(CCO)CCOC1.I. The highest BCUT2D eigenvalue weighted by Crippen LogP contribution is 2.31. The monoisotopic (exact) mass is 517 g/mol. The van der Waals surface area contributed by atoms with E-state index in [0.29, 0.717) is 13.2 Å². The summed E-state index contributed by atoms with van der Waals surface area (Å²) in [5, 5.41) is 16.2. The van der Waals surface area contributed by atoms with Gasteiger partial charge in [0.15, 0.2) is 5.96 Å². The topological polar surface area (TPSA) is 82.0 Å². The van der Waals surface area contributed by atoms with Gasteiger partial charge in [0.25, 0.3) is 0 Å². The Hall–Kier alpha value is -1.13. The van der Waals surface area contributed by atoms with Crippen molar-refractivity contribution in [2.24, 2.45) is 10.4 Å². The molecule has 0 amide bonds. The Balaban J connectivity index is 0.00000300. The number of piperidine rings is 1. The van der Waals surface area contributed by atoms with Crippen LogP contribution in [-0.4, -0.2) is 62.0 Å². The minimum atomic E-state index is 0. The summed E-state index contributed by atoms with van der Waals surface area (Å²) in [4.78, 5) is 11.7. The first-order chi connectivity index (χ1) is 13.7. The summed E-state index contributed by atoms with van der Waals surface area (Å²) in [6, 6.07) is 4.20. The van der Waals surface area contributed by atoms with E-state index < -0.39 is 0 Å². The molecule has 0 bridgehead atoms. The largest absolute Gasteiger partial charge is 0.396 e. The van der Waals surface area contributed by atoms with Crippen molar-refractivity contribution in [3.05, 3.63) is 23.9 Å². The van der Waals surface area contributed by atoms with Crippen molar-refractivity contribution in [1.82, 2.24) is 15.6 Å². The molecule has 3 rings (SSSR count). The molecule has 1 aromatic heterocycles. The molecule has 1 aromatic rings. The van der Waals surface area contributed by atoms with Crippen LogP contribution in [0.3, 0.4) is 0 Å². The van der Waals surface area contributed by atoms with Crippen molar-refractivity contribution in [2.45, 2.75) is 45.6 Å². The maximum Gasteiger partial charge on any atom is 0.191 e. The molecular weight excluding hydrogens is 481 g/mol. The lowest BCUT2D eigenvalue weighted by molar-refractivity contribution is 0.127. The van der Waals surface area contributed by atoms with Gasteiger partial charge in [-0.15, -0.1) is 24.0 Å². The number of nitrogens with zero attached hydrogens (tertiary/aromatic N) is 3. The molecule has 2 aliphatic rings. The lowest BCUT2D eigenvalue weighted by atomic mass is 9.84. The molecule has 2 aliphatic heterocycles. The van der Waals surface area contributed by atoms with E-state index in [1.54, 1.807) is 0 Å². The second-order valence-electron chi connectivity index (χ2n) is 7.89. The van der Waals surface area contributed by atoms with Crippen LogP contribution in [0, 0.1) is 5.41 Å². The molecule has 8 heteroatoms. The number of aliphatic imine (C=N–C) groups is 1. The van der Waals surface area contributed by atoms with Gasteiger partial charge in [-0.05, 0) is 56.7 Å². The molecule has 7 nitrogen and oxygen atoms in total. The molecule has 1 unspecified atom stereocenters. The van der Waals surface area contributed by atoms with E-state index in [1.165, 1.54) is 24.8 Å². The van der Waals surface area contributed by atoms with Gasteiger partial charge in [0.2, 0.25) is 0 Å². The maximum absolute atomic E-state index is 9.41. The van der Waals surface area contributed by atoms with Crippen LogP contribution in [0.5, 0.6) is 0 Å². The van der Waals surface area contributed by atoms with Gasteiger partial charge in [0.05, 0.1) is 13.2 Å². The van der Waals surface area contributed by atoms with Crippen LogP contribution in [-0.2, 0) is 11.3 Å². The van der Waals surface area contributed by atoms with Gasteiger partial charge in [-0.3, -0.25) is 0 Å². The summed E-state index contributed by atoms with van der Waals surface area (Å²) in [5.41, 5.74) is 1.17. The van der Waals surface area contributed by atoms with Crippen LogP contribution in [0.25, 0.3) is 0 Å². The first-order valence-corrected chi connectivity index (χ1v) is 10.7. The molecule has 3 heterocycles. The van der Waals surface area contributed by atoms with E-state index in [1.807, 2.05) is 12.3 Å². The van der Waals surface area contributed by atoms with Crippen molar-refractivity contribution < 1.29 is 9.84 Å². The van der Waals surface area contributed by atoms with Crippen LogP contribution in [0.4, 0.5) is 5.82 Å². The number of aliphatic hydroxyl groups is 1. The second kappa shape index (κ2) is 12.5. The zero-order valence-electron chi connectivity index (χ0n) is 17.5. The van der Waals surface area contributed by atoms with E-state index in [4.69, 9.17) is 9.73 Å². The summed E-state index contributed by atoms with van der Waals surface area (Å²) in [6.07, 6.45) is 7.43. The number of anilines is 1. The minimum absolute atomic E-state index is 0. The number of rotatable bonds is 8. The van der Waals surface area contributed by atoms with Gasteiger partial charge in [0, 0.05) is 51.0 Å². The van der Waals surface area contributed by atoms with Gasteiger partial charge in [-0.25, -0.2) is 9.98 Å². The molecule has 1 atom stereocenters. The Morgan fingerprint density at radius 3 is 2.83 bits per heavy atom. The van der Waals surface area contributed by atoms with Crippen molar-refractivity contribution in [1.29, 1.82) is 0 Å². The van der Waals surface area contributed by atoms with Gasteiger partial charge in [-0.2, -0.15) is 0 Å². The molecular formula is C21H36IN5O2. The number of aromatic nitrogens is 1. The fourth-order valence-electron chi connectivity index (χ4n) is 3.95. The van der Waals surface area contributed by atoms with Crippen LogP contribution >= 0.6 is 24.0 Å². The van der Waals surface area contributed by atoms with Gasteiger partial charge >= 0.3 is 0 Å². The Kier molecular flexibility index (Phi) is 10.4. The smallest absolute Gasteiger partial charge is 0.191 e. The van der Waals surface area contributed by atoms with Gasteiger partial charge < -0.3 is 25.4 Å². The molecule has 2 fully saturated rings. The third-order valence-corrected chi connectivity index (χ3v) is 5.71. The molecule has 0 radical (unpaired) electrons. The lowest BCUT2D eigenvalue weighted by Gasteiger charge is -2.28. The number of hydrogen-bond donors (Lipinski definition) is 3. The summed E-state index contributed by atoms with van der Waals surface area (Å²) in [6.45, 7) is 8.10. The lowest BCUT2D eigenvalue weighted by Crippen LogP contribution is -2.44. The Morgan fingerprint density at radius 2 is 2.14 bits per heavy atom. The number of hydrogen-bond acceptors (Lipinski definition) is 5. The fourth-order valence-corrected chi connectivity index (χ4v) is 3.95. The first kappa shape index (κ1) is 24.1. The van der Waals surface area contributed by atoms with Crippen LogP contribution in [0.1, 0.15) is 44.6 Å². The molecule has 0 aromatic carbocycles. The van der Waals surface area contributed by atoms with Crippen molar-refractivity contribution in [3.8, 4) is 0 Å². The van der Waals surface area contributed by atoms with Gasteiger partial charge in [-0.1, -0.05) is 0 Å². The average molecular weight is 517 g/mol. The molecule has 164 valence electrons. The van der Waals surface area contributed by atoms with Crippen molar-refractivity contribution >= 4 is 35.8 Å². The summed E-state index contributed by atoms with van der Waals surface area (Å²) in [7, 11) is 0. The number of ether oxygens (including phenoxy) is 1. The fraction of sp³-hybridized carbons (Fsp3) is 0.714. The standard InChI is InChI=1S/C21H35N5O2.HI/c1-2-22-20(25-16-21(7-12-27)8-13-28-17-21)24-15-18-6-9-23-19(14-18)26-10-4-3-5-11-26;/h6,9,14,27H,2-5,7-8,10-13,15-17H2,1H3,(H2,22,24,25);1H. The number of aliphatic hydroxyl groups excluding tert-OH is 1. The summed E-state index contributed by atoms with van der Waals surface area (Å²) in [5.74, 6) is 1.87. The van der Waals surface area contributed by atoms with Crippen molar-refractivity contribution in [3.63, 3.8) is 0 Å². The predicted molar refractivity (Wildman–Crippen MR) is 128 cm³/mol. The molecule has 0 saturated carbocycles. The van der Waals surface area contributed by atoms with Crippen LogP contribution < -0.4 is 15.5 Å². The quantitative estimate of drug-likeness (QED) is 0.280. The highest BCUT2D eigenvalue weighted by atomic mass is 127. The highest BCUT2D eigenvalue weighted by molar-refractivity contribution is 14.0. The van der Waals surface area contributed by atoms with Crippen LogP contribution in [0.2, 0.25) is 0 Å². The van der Waals surface area contributed by atoms with E-state index in [9.17, 15) is 5.11 Å².